The van der Waals surface area contributed by atoms with E-state index in [0.717, 1.165) is 49.9 Å². The minimum Gasteiger partial charge on any atom is -0.357 e. The van der Waals surface area contributed by atoms with Crippen LogP contribution in [0.25, 0.3) is 5.65 Å². The maximum atomic E-state index is 4.82. The Morgan fingerprint density at radius 2 is 2.12 bits per heavy atom. The molecule has 136 valence electrons. The Balaban J connectivity index is 1.48. The SMILES string of the molecule is CCNC(=NCC1(CC)CCC1)NCCCc1nnc2ccccn12. The third kappa shape index (κ3) is 4.30. The molecular weight excluding hydrogens is 312 g/mol. The highest BCUT2D eigenvalue weighted by atomic mass is 15.2. The van der Waals surface area contributed by atoms with Crippen molar-refractivity contribution in [1.82, 2.24) is 25.2 Å². The van der Waals surface area contributed by atoms with E-state index in [1.807, 2.05) is 24.4 Å². The molecule has 2 aromatic heterocycles. The van der Waals surface area contributed by atoms with Gasteiger partial charge in [-0.25, -0.2) is 0 Å². The zero-order valence-electron chi connectivity index (χ0n) is 15.5. The topological polar surface area (TPSA) is 66.6 Å². The summed E-state index contributed by atoms with van der Waals surface area (Å²) in [5.74, 6) is 1.95. The second-order valence-electron chi connectivity index (χ2n) is 6.98. The quantitative estimate of drug-likeness (QED) is 0.440. The molecule has 1 aliphatic rings. The molecule has 0 atom stereocenters. The van der Waals surface area contributed by atoms with Crippen LogP contribution in [-0.4, -0.2) is 40.2 Å². The molecule has 25 heavy (non-hydrogen) atoms. The van der Waals surface area contributed by atoms with Crippen LogP contribution in [0, 0.1) is 5.41 Å². The number of aryl methyl sites for hydroxylation is 1. The van der Waals surface area contributed by atoms with Crippen LogP contribution < -0.4 is 10.6 Å². The van der Waals surface area contributed by atoms with Crippen LogP contribution in [0.5, 0.6) is 0 Å². The van der Waals surface area contributed by atoms with Gasteiger partial charge in [0.25, 0.3) is 0 Å². The number of aromatic nitrogens is 3. The first-order valence-electron chi connectivity index (χ1n) is 9.57. The van der Waals surface area contributed by atoms with Gasteiger partial charge in [0.15, 0.2) is 11.6 Å². The second kappa shape index (κ2) is 8.32. The van der Waals surface area contributed by atoms with Crippen molar-refractivity contribution in [2.45, 2.75) is 52.4 Å². The summed E-state index contributed by atoms with van der Waals surface area (Å²) in [5.41, 5.74) is 1.37. The molecule has 0 saturated heterocycles. The lowest BCUT2D eigenvalue weighted by Crippen LogP contribution is -2.40. The van der Waals surface area contributed by atoms with Crippen LogP contribution in [0.1, 0.15) is 51.8 Å². The molecule has 0 unspecified atom stereocenters. The minimum absolute atomic E-state index is 0.461. The van der Waals surface area contributed by atoms with Crippen molar-refractivity contribution in [3.8, 4) is 0 Å². The first-order valence-corrected chi connectivity index (χ1v) is 9.57. The fourth-order valence-corrected chi connectivity index (χ4v) is 3.40. The van der Waals surface area contributed by atoms with Gasteiger partial charge in [-0.05, 0) is 50.2 Å². The number of guanidine groups is 1. The monoisotopic (exact) mass is 342 g/mol. The third-order valence-corrected chi connectivity index (χ3v) is 5.33. The summed E-state index contributed by atoms with van der Waals surface area (Å²) in [4.78, 5) is 4.82. The van der Waals surface area contributed by atoms with E-state index in [0.29, 0.717) is 5.41 Å². The van der Waals surface area contributed by atoms with Gasteiger partial charge in [0.1, 0.15) is 5.82 Å². The van der Waals surface area contributed by atoms with Crippen LogP contribution in [-0.2, 0) is 6.42 Å². The highest BCUT2D eigenvalue weighted by molar-refractivity contribution is 5.79. The lowest BCUT2D eigenvalue weighted by atomic mass is 9.67. The summed E-state index contributed by atoms with van der Waals surface area (Å²) in [6, 6.07) is 5.98. The molecule has 0 spiro atoms. The lowest BCUT2D eigenvalue weighted by molar-refractivity contribution is 0.139. The molecule has 6 heteroatoms. The predicted molar refractivity (Wildman–Crippen MR) is 102 cm³/mol. The summed E-state index contributed by atoms with van der Waals surface area (Å²) < 4.78 is 2.06. The van der Waals surface area contributed by atoms with Gasteiger partial charge >= 0.3 is 0 Å². The molecule has 0 bridgehead atoms. The number of fused-ring (bicyclic) bond motifs is 1. The van der Waals surface area contributed by atoms with E-state index in [4.69, 9.17) is 4.99 Å². The Morgan fingerprint density at radius 1 is 1.24 bits per heavy atom. The van der Waals surface area contributed by atoms with Crippen molar-refractivity contribution in [1.29, 1.82) is 0 Å². The standard InChI is InChI=1S/C19H30N6/c1-3-19(11-8-12-19)15-22-18(20-4-2)21-13-7-10-17-24-23-16-9-5-6-14-25(16)17/h5-6,9,14H,3-4,7-8,10-13,15H2,1-2H3,(H2,20,21,22). The van der Waals surface area contributed by atoms with E-state index in [1.165, 1.54) is 25.7 Å². The van der Waals surface area contributed by atoms with Crippen molar-refractivity contribution >= 4 is 11.6 Å². The maximum Gasteiger partial charge on any atom is 0.191 e. The Labute approximate surface area is 150 Å². The average Bonchev–Trinajstić information content (AvgIpc) is 3.01. The molecule has 2 heterocycles. The molecule has 1 saturated carbocycles. The third-order valence-electron chi connectivity index (χ3n) is 5.33. The number of rotatable bonds is 8. The molecule has 6 nitrogen and oxygen atoms in total. The summed E-state index contributed by atoms with van der Waals surface area (Å²) in [6.45, 7) is 7.11. The van der Waals surface area contributed by atoms with Crippen LogP contribution in [0.15, 0.2) is 29.4 Å². The first kappa shape index (κ1) is 17.7. The normalized spacial score (nSPS) is 16.6. The molecule has 2 aromatic rings. The average molecular weight is 342 g/mol. The maximum absolute atomic E-state index is 4.82. The molecule has 0 amide bonds. The number of aliphatic imine (C=N–C) groups is 1. The van der Waals surface area contributed by atoms with E-state index >= 15 is 0 Å². The molecule has 0 aromatic carbocycles. The fourth-order valence-electron chi connectivity index (χ4n) is 3.40. The first-order chi connectivity index (χ1) is 12.3. The number of nitrogens with one attached hydrogen (secondary N) is 2. The zero-order chi connectivity index (χ0) is 17.5. The van der Waals surface area contributed by atoms with Gasteiger partial charge in [0, 0.05) is 32.3 Å². The number of hydrogen-bond donors (Lipinski definition) is 2. The van der Waals surface area contributed by atoms with Crippen LogP contribution in [0.2, 0.25) is 0 Å². The van der Waals surface area contributed by atoms with Gasteiger partial charge in [-0.1, -0.05) is 19.4 Å². The summed E-state index contributed by atoms with van der Waals surface area (Å²) >= 11 is 0. The Morgan fingerprint density at radius 3 is 2.84 bits per heavy atom. The summed E-state index contributed by atoms with van der Waals surface area (Å²) in [6.07, 6.45) is 9.16. The molecular formula is C19H30N6. The highest BCUT2D eigenvalue weighted by Gasteiger charge is 2.34. The minimum atomic E-state index is 0.461. The van der Waals surface area contributed by atoms with E-state index in [1.54, 1.807) is 0 Å². The van der Waals surface area contributed by atoms with Crippen molar-refractivity contribution in [3.05, 3.63) is 30.2 Å². The van der Waals surface area contributed by atoms with Crippen LogP contribution in [0.4, 0.5) is 0 Å². The molecule has 1 fully saturated rings. The number of pyridine rings is 1. The van der Waals surface area contributed by atoms with Gasteiger partial charge in [0.2, 0.25) is 0 Å². The van der Waals surface area contributed by atoms with Crippen molar-refractivity contribution in [2.24, 2.45) is 10.4 Å². The largest absolute Gasteiger partial charge is 0.357 e. The smallest absolute Gasteiger partial charge is 0.191 e. The van der Waals surface area contributed by atoms with Gasteiger partial charge in [-0.15, -0.1) is 10.2 Å². The Kier molecular flexibility index (Phi) is 5.89. The van der Waals surface area contributed by atoms with E-state index in [9.17, 15) is 0 Å². The number of hydrogen-bond acceptors (Lipinski definition) is 3. The lowest BCUT2D eigenvalue weighted by Gasteiger charge is -2.40. The summed E-state index contributed by atoms with van der Waals surface area (Å²) in [5, 5.41) is 15.3. The van der Waals surface area contributed by atoms with Gasteiger partial charge in [-0.3, -0.25) is 9.39 Å². The van der Waals surface area contributed by atoms with Crippen molar-refractivity contribution in [2.75, 3.05) is 19.6 Å². The van der Waals surface area contributed by atoms with Gasteiger partial charge < -0.3 is 10.6 Å². The zero-order valence-corrected chi connectivity index (χ0v) is 15.5. The van der Waals surface area contributed by atoms with Gasteiger partial charge in [0.05, 0.1) is 0 Å². The van der Waals surface area contributed by atoms with Crippen molar-refractivity contribution < 1.29 is 0 Å². The molecule has 0 radical (unpaired) electrons. The van der Waals surface area contributed by atoms with Crippen LogP contribution >= 0.6 is 0 Å². The molecule has 0 aliphatic heterocycles. The van der Waals surface area contributed by atoms with E-state index in [-0.39, 0.29) is 0 Å². The highest BCUT2D eigenvalue weighted by Crippen LogP contribution is 2.43. The van der Waals surface area contributed by atoms with Crippen LogP contribution in [0.3, 0.4) is 0 Å². The van der Waals surface area contributed by atoms with Gasteiger partial charge in [-0.2, -0.15) is 0 Å². The number of nitrogens with zero attached hydrogens (tertiary/aromatic N) is 4. The fraction of sp³-hybridized carbons (Fsp3) is 0.632. The molecule has 3 rings (SSSR count). The predicted octanol–water partition coefficient (Wildman–Crippen LogP) is 2.80. The summed E-state index contributed by atoms with van der Waals surface area (Å²) in [7, 11) is 0. The van der Waals surface area contributed by atoms with E-state index in [2.05, 4.69) is 39.1 Å². The Bertz CT molecular complexity index is 695. The molecule has 2 N–H and O–H groups in total. The molecule has 1 aliphatic carbocycles. The second-order valence-corrected chi connectivity index (χ2v) is 6.98. The van der Waals surface area contributed by atoms with E-state index < -0.39 is 0 Å². The Hall–Kier alpha value is -2.11. The van der Waals surface area contributed by atoms with Crippen molar-refractivity contribution in [3.63, 3.8) is 0 Å².